The molecule has 0 heterocycles. The number of sulfone groups is 1. The molecular formula is C33H43ClN6O8S. The Morgan fingerprint density at radius 3 is 2.12 bits per heavy atom. The van der Waals surface area contributed by atoms with Crippen molar-refractivity contribution in [1.82, 2.24) is 16.0 Å². The van der Waals surface area contributed by atoms with E-state index in [1.807, 2.05) is 48.5 Å². The third-order valence-electron chi connectivity index (χ3n) is 8.10. The smallest absolute Gasteiger partial charge is 0.407 e. The number of alkyl carbamates (subject to hydrolysis) is 1. The number of carboxylic acids is 1. The van der Waals surface area contributed by atoms with Crippen LogP contribution in [0.3, 0.4) is 0 Å². The summed E-state index contributed by atoms with van der Waals surface area (Å²) in [5, 5.41) is 17.1. The number of nitrogens with two attached hydrogens (primary N) is 2. The Morgan fingerprint density at radius 2 is 1.59 bits per heavy atom. The highest BCUT2D eigenvalue weighted by molar-refractivity contribution is 7.96. The number of hydrogen-bond donors (Lipinski definition) is 6. The minimum Gasteiger partial charge on any atom is -0.481 e. The van der Waals surface area contributed by atoms with Crippen LogP contribution in [-0.4, -0.2) is 80.9 Å². The third-order valence-corrected chi connectivity index (χ3v) is 9.91. The molecule has 3 amide bonds. The molecule has 266 valence electrons. The first-order chi connectivity index (χ1) is 23.1. The highest BCUT2D eigenvalue weighted by Gasteiger charge is 2.33. The lowest BCUT2D eigenvalue weighted by Gasteiger charge is -2.28. The quantitative estimate of drug-likeness (QED) is 0.0795. The molecule has 0 aliphatic heterocycles. The molecule has 0 saturated heterocycles. The Kier molecular flexibility index (Phi) is 14.0. The van der Waals surface area contributed by atoms with Crippen LogP contribution in [0.1, 0.15) is 56.6 Å². The second-order valence-electron chi connectivity index (χ2n) is 11.8. The molecule has 4 atom stereocenters. The maximum atomic E-state index is 13.6. The Bertz CT molecular complexity index is 1650. The summed E-state index contributed by atoms with van der Waals surface area (Å²) in [7, 11) is -3.87. The van der Waals surface area contributed by atoms with Crippen molar-refractivity contribution < 1.29 is 37.4 Å². The number of aliphatic imine (C=N–C) groups is 1. The molecule has 0 radical (unpaired) electrons. The van der Waals surface area contributed by atoms with Crippen LogP contribution in [0.25, 0.3) is 11.1 Å². The standard InChI is InChI=1S/C33H43ClN6O8S/c1-4-19(2)29(31(44)38-20(17-28(41)42)16-27(34)49(3,46)47)40-30(43)26(14-9-15-37-32(35)36)39-33(45)48-18-25-23-12-7-5-10-21(23)22-11-6-8-13-24(22)25/h5-8,10-13,16,19-20,25-26,29H,4,9,14-15,17-18H2,1-3H3,(H,38,44)(H,39,45)(H,40,43)(H,41,42)(H4,35,36,37)/b27-16+/t19?,20-,26+,29+/m1/s1. The van der Waals surface area contributed by atoms with Gasteiger partial charge in [-0.1, -0.05) is 80.4 Å². The van der Waals surface area contributed by atoms with Gasteiger partial charge in [0.25, 0.3) is 0 Å². The van der Waals surface area contributed by atoms with E-state index in [2.05, 4.69) is 20.9 Å². The van der Waals surface area contributed by atoms with Crippen LogP contribution in [0.2, 0.25) is 0 Å². The lowest BCUT2D eigenvalue weighted by atomic mass is 9.97. The lowest BCUT2D eigenvalue weighted by Crippen LogP contribution is -2.57. The predicted molar refractivity (Wildman–Crippen MR) is 186 cm³/mol. The molecule has 1 aliphatic carbocycles. The Labute approximate surface area is 290 Å². The maximum absolute atomic E-state index is 13.6. The van der Waals surface area contributed by atoms with Gasteiger partial charge in [0, 0.05) is 18.7 Å². The zero-order chi connectivity index (χ0) is 36.3. The molecule has 1 unspecified atom stereocenters. The van der Waals surface area contributed by atoms with Gasteiger partial charge in [-0.25, -0.2) is 13.2 Å². The molecule has 2 aromatic carbocycles. The number of carbonyl (C=O) groups excluding carboxylic acids is 3. The Morgan fingerprint density at radius 1 is 1.00 bits per heavy atom. The lowest BCUT2D eigenvalue weighted by molar-refractivity contribution is -0.137. The van der Waals surface area contributed by atoms with Gasteiger partial charge in [0.05, 0.1) is 12.5 Å². The second kappa shape index (κ2) is 17.7. The molecule has 16 heteroatoms. The zero-order valence-electron chi connectivity index (χ0n) is 27.5. The number of carboxylic acid groups (broad SMARTS) is 1. The number of aliphatic carboxylic acids is 1. The van der Waals surface area contributed by atoms with Crippen molar-refractivity contribution in [1.29, 1.82) is 0 Å². The minimum atomic E-state index is -3.87. The highest BCUT2D eigenvalue weighted by atomic mass is 35.5. The number of hydrogen-bond acceptors (Lipinski definition) is 8. The van der Waals surface area contributed by atoms with Crippen LogP contribution in [0, 0.1) is 5.92 Å². The summed E-state index contributed by atoms with van der Waals surface area (Å²) >= 11 is 5.84. The van der Waals surface area contributed by atoms with Crippen LogP contribution in [0.4, 0.5) is 4.79 Å². The number of nitrogens with one attached hydrogen (secondary N) is 3. The van der Waals surface area contributed by atoms with Crippen molar-refractivity contribution in [2.45, 2.75) is 63.6 Å². The summed E-state index contributed by atoms with van der Waals surface area (Å²) < 4.78 is 28.7. The van der Waals surface area contributed by atoms with Gasteiger partial charge in [-0.05, 0) is 47.1 Å². The Hall–Kier alpha value is -4.63. The van der Waals surface area contributed by atoms with Crippen molar-refractivity contribution in [2.75, 3.05) is 19.4 Å². The number of rotatable bonds is 17. The third kappa shape index (κ3) is 11.2. The molecule has 2 aromatic rings. The zero-order valence-corrected chi connectivity index (χ0v) is 29.1. The number of guanidine groups is 1. The predicted octanol–water partition coefficient (Wildman–Crippen LogP) is 2.56. The van der Waals surface area contributed by atoms with Crippen LogP contribution in [0.15, 0.2) is 64.0 Å². The van der Waals surface area contributed by atoms with E-state index in [4.69, 9.17) is 27.8 Å². The summed E-state index contributed by atoms with van der Waals surface area (Å²) in [5.74, 6) is -3.62. The van der Waals surface area contributed by atoms with E-state index >= 15 is 0 Å². The van der Waals surface area contributed by atoms with E-state index in [0.29, 0.717) is 6.42 Å². The molecule has 49 heavy (non-hydrogen) atoms. The van der Waals surface area contributed by atoms with Crippen molar-refractivity contribution in [3.8, 4) is 11.1 Å². The number of nitrogens with zero attached hydrogens (tertiary/aromatic N) is 1. The van der Waals surface area contributed by atoms with Gasteiger partial charge in [-0.2, -0.15) is 0 Å². The molecule has 0 spiro atoms. The summed E-state index contributed by atoms with van der Waals surface area (Å²) in [5.41, 5.74) is 15.0. The molecule has 8 N–H and O–H groups in total. The first-order valence-corrected chi connectivity index (χ1v) is 18.0. The summed E-state index contributed by atoms with van der Waals surface area (Å²) in [4.78, 5) is 55.6. The molecule has 1 aliphatic rings. The van der Waals surface area contributed by atoms with Gasteiger partial charge in [-0.3, -0.25) is 19.4 Å². The summed E-state index contributed by atoms with van der Waals surface area (Å²) in [6.07, 6.45) is 1.03. The van der Waals surface area contributed by atoms with Crippen molar-refractivity contribution in [3.05, 3.63) is 70.1 Å². The molecule has 3 rings (SSSR count). The van der Waals surface area contributed by atoms with E-state index < -0.39 is 68.5 Å². The van der Waals surface area contributed by atoms with Crippen molar-refractivity contribution in [3.63, 3.8) is 0 Å². The van der Waals surface area contributed by atoms with Gasteiger partial charge in [0.2, 0.25) is 11.8 Å². The summed E-state index contributed by atoms with van der Waals surface area (Å²) in [6, 6.07) is 12.0. The van der Waals surface area contributed by atoms with Gasteiger partial charge >= 0.3 is 12.1 Å². The molecule has 0 saturated carbocycles. The maximum Gasteiger partial charge on any atom is 0.407 e. The van der Waals surface area contributed by atoms with E-state index in [0.717, 1.165) is 34.6 Å². The monoisotopic (exact) mass is 718 g/mol. The number of carbonyl (C=O) groups is 4. The van der Waals surface area contributed by atoms with Crippen LogP contribution >= 0.6 is 11.6 Å². The van der Waals surface area contributed by atoms with E-state index in [9.17, 15) is 32.7 Å². The number of halogens is 1. The first-order valence-electron chi connectivity index (χ1n) is 15.7. The molecular weight excluding hydrogens is 676 g/mol. The fourth-order valence-electron chi connectivity index (χ4n) is 5.40. The minimum absolute atomic E-state index is 0.00855. The van der Waals surface area contributed by atoms with Crippen molar-refractivity contribution >= 4 is 51.3 Å². The van der Waals surface area contributed by atoms with Gasteiger partial charge in [0.15, 0.2) is 15.8 Å². The highest BCUT2D eigenvalue weighted by Crippen LogP contribution is 2.44. The molecule has 0 bridgehead atoms. The molecule has 14 nitrogen and oxygen atoms in total. The van der Waals surface area contributed by atoms with E-state index in [1.54, 1.807) is 13.8 Å². The van der Waals surface area contributed by atoms with Crippen molar-refractivity contribution in [2.24, 2.45) is 22.4 Å². The van der Waals surface area contributed by atoms with Crippen LogP contribution in [-0.2, 0) is 29.0 Å². The van der Waals surface area contributed by atoms with Crippen LogP contribution in [0.5, 0.6) is 0 Å². The topological polar surface area (TPSA) is 232 Å². The van der Waals surface area contributed by atoms with Gasteiger partial charge in [-0.15, -0.1) is 0 Å². The number of fused-ring (bicyclic) bond motifs is 3. The molecule has 0 fully saturated rings. The normalized spacial score (nSPS) is 15.1. The SMILES string of the molecule is CCC(C)[C@H](NC(=O)[C@H](CCCN=C(N)N)NC(=O)OCC1c2ccccc2-c2ccccc21)C(=O)N[C@H](/C=C(\Cl)S(C)(=O)=O)CC(=O)O. The Balaban J connectivity index is 1.77. The average molecular weight is 719 g/mol. The number of ether oxygens (including phenoxy) is 1. The second-order valence-corrected chi connectivity index (χ2v) is 14.4. The van der Waals surface area contributed by atoms with Gasteiger partial charge in [0.1, 0.15) is 23.1 Å². The van der Waals surface area contributed by atoms with E-state index in [1.165, 1.54) is 0 Å². The summed E-state index contributed by atoms with van der Waals surface area (Å²) in [6.45, 7) is 3.66. The fraction of sp³-hybridized carbons (Fsp3) is 0.424. The molecule has 0 aromatic heterocycles. The largest absolute Gasteiger partial charge is 0.481 e. The number of benzene rings is 2. The van der Waals surface area contributed by atoms with E-state index in [-0.39, 0.29) is 37.9 Å². The number of amides is 3. The average Bonchev–Trinajstić information content (AvgIpc) is 3.36. The fourth-order valence-corrected chi connectivity index (χ4v) is 5.97. The van der Waals surface area contributed by atoms with Crippen LogP contribution < -0.4 is 27.4 Å². The van der Waals surface area contributed by atoms with Gasteiger partial charge < -0.3 is 37.3 Å². The first kappa shape index (κ1) is 38.8.